The van der Waals surface area contributed by atoms with Gasteiger partial charge in [-0.25, -0.2) is 0 Å². The summed E-state index contributed by atoms with van der Waals surface area (Å²) in [5.74, 6) is -1.33. The van der Waals surface area contributed by atoms with E-state index in [1.165, 1.54) is 0 Å². The molecule has 0 bridgehead atoms. The van der Waals surface area contributed by atoms with Crippen LogP contribution in [0.2, 0.25) is 5.02 Å². The number of halogens is 1. The molecule has 0 saturated heterocycles. The van der Waals surface area contributed by atoms with Crippen molar-refractivity contribution in [3.05, 3.63) is 47.0 Å². The molecule has 3 rings (SSSR count). The van der Waals surface area contributed by atoms with Gasteiger partial charge >= 0.3 is 5.97 Å². The lowest BCUT2D eigenvalue weighted by atomic mass is 10.00. The second-order valence-corrected chi connectivity index (χ2v) is 5.49. The van der Waals surface area contributed by atoms with Crippen LogP contribution in [0.15, 0.2) is 36.4 Å². The summed E-state index contributed by atoms with van der Waals surface area (Å²) in [6, 6.07) is 11.6. The first-order valence-corrected chi connectivity index (χ1v) is 6.77. The van der Waals surface area contributed by atoms with Gasteiger partial charge in [0.15, 0.2) is 0 Å². The fraction of sp³-hybridized carbons (Fsp3) is 0.188. The van der Waals surface area contributed by atoms with Gasteiger partial charge in [0.2, 0.25) is 0 Å². The van der Waals surface area contributed by atoms with Crippen LogP contribution in [-0.2, 0) is 11.8 Å². The number of aliphatic carboxylic acids is 1. The van der Waals surface area contributed by atoms with Gasteiger partial charge in [0.1, 0.15) is 0 Å². The van der Waals surface area contributed by atoms with Crippen molar-refractivity contribution in [1.29, 1.82) is 0 Å². The summed E-state index contributed by atoms with van der Waals surface area (Å²) >= 11 is 6.06. The first-order valence-electron chi connectivity index (χ1n) is 6.39. The molecular weight excluding hydrogens is 274 g/mol. The largest absolute Gasteiger partial charge is 0.481 e. The summed E-state index contributed by atoms with van der Waals surface area (Å²) in [6.07, 6.45) is 0. The second-order valence-electron chi connectivity index (χ2n) is 5.06. The maximum absolute atomic E-state index is 11.1. The number of fused-ring (bicyclic) bond motifs is 3. The van der Waals surface area contributed by atoms with E-state index in [2.05, 4.69) is 4.57 Å². The molecule has 0 saturated carbocycles. The molecule has 20 heavy (non-hydrogen) atoms. The molecule has 0 radical (unpaired) electrons. The highest BCUT2D eigenvalue weighted by molar-refractivity contribution is 6.31. The van der Waals surface area contributed by atoms with Crippen molar-refractivity contribution >= 4 is 39.4 Å². The quantitative estimate of drug-likeness (QED) is 0.768. The predicted molar refractivity (Wildman–Crippen MR) is 81.5 cm³/mol. The van der Waals surface area contributed by atoms with Crippen LogP contribution in [0.3, 0.4) is 0 Å². The van der Waals surface area contributed by atoms with E-state index < -0.39 is 11.9 Å². The van der Waals surface area contributed by atoms with Crippen LogP contribution in [0.4, 0.5) is 0 Å². The number of carboxylic acid groups (broad SMARTS) is 1. The number of carboxylic acids is 1. The molecule has 2 aromatic carbocycles. The summed E-state index contributed by atoms with van der Waals surface area (Å²) in [5, 5.41) is 12.0. The van der Waals surface area contributed by atoms with Gasteiger partial charge in [0, 0.05) is 33.9 Å². The molecule has 0 amide bonds. The molecule has 1 N–H and O–H groups in total. The smallest absolute Gasteiger partial charge is 0.310 e. The SMILES string of the molecule is CC(C(=O)O)c1ccc2c3cc(Cl)ccc3n(C)c2c1. The Hall–Kier alpha value is -2.00. The van der Waals surface area contributed by atoms with Gasteiger partial charge in [-0.05, 0) is 36.8 Å². The van der Waals surface area contributed by atoms with Crippen molar-refractivity contribution < 1.29 is 9.90 Å². The van der Waals surface area contributed by atoms with Crippen LogP contribution >= 0.6 is 11.6 Å². The minimum atomic E-state index is -0.814. The van der Waals surface area contributed by atoms with Gasteiger partial charge in [-0.3, -0.25) is 4.79 Å². The zero-order chi connectivity index (χ0) is 14.4. The molecule has 1 atom stereocenters. The number of benzene rings is 2. The van der Waals surface area contributed by atoms with Crippen molar-refractivity contribution in [2.45, 2.75) is 12.8 Å². The standard InChI is InChI=1S/C16H14ClNO2/c1-9(16(19)20)10-3-5-12-13-8-11(17)4-6-14(13)18(2)15(12)7-10/h3-9H,1-2H3,(H,19,20). The number of aromatic nitrogens is 1. The number of hydrogen-bond donors (Lipinski definition) is 1. The third-order valence-corrected chi connectivity index (χ3v) is 4.10. The molecule has 0 aliphatic heterocycles. The van der Waals surface area contributed by atoms with Gasteiger partial charge in [-0.1, -0.05) is 23.7 Å². The van der Waals surface area contributed by atoms with E-state index in [1.54, 1.807) is 6.92 Å². The summed E-state index contributed by atoms with van der Waals surface area (Å²) in [4.78, 5) is 11.1. The molecule has 0 aliphatic carbocycles. The Morgan fingerprint density at radius 1 is 1.15 bits per heavy atom. The van der Waals surface area contributed by atoms with Crippen molar-refractivity contribution in [3.8, 4) is 0 Å². The Balaban J connectivity index is 2.33. The zero-order valence-corrected chi connectivity index (χ0v) is 12.0. The molecule has 0 spiro atoms. The van der Waals surface area contributed by atoms with Gasteiger partial charge in [0.25, 0.3) is 0 Å². The lowest BCUT2D eigenvalue weighted by Crippen LogP contribution is -2.07. The highest BCUT2D eigenvalue weighted by Gasteiger charge is 2.16. The van der Waals surface area contributed by atoms with Crippen molar-refractivity contribution in [1.82, 2.24) is 4.57 Å². The zero-order valence-electron chi connectivity index (χ0n) is 11.2. The first kappa shape index (κ1) is 13.0. The summed E-state index contributed by atoms with van der Waals surface area (Å²) in [7, 11) is 1.98. The Kier molecular flexibility index (Phi) is 2.94. The normalized spacial score (nSPS) is 12.9. The van der Waals surface area contributed by atoms with E-state index in [-0.39, 0.29) is 0 Å². The second kappa shape index (κ2) is 4.53. The Labute approximate surface area is 121 Å². The average molecular weight is 288 g/mol. The molecule has 1 aromatic heterocycles. The van der Waals surface area contributed by atoms with Gasteiger partial charge in [0.05, 0.1) is 5.92 Å². The summed E-state index contributed by atoms with van der Waals surface area (Å²) < 4.78 is 2.07. The maximum atomic E-state index is 11.1. The summed E-state index contributed by atoms with van der Waals surface area (Å²) in [6.45, 7) is 1.70. The lowest BCUT2D eigenvalue weighted by Gasteiger charge is -2.07. The molecule has 4 heteroatoms. The third-order valence-electron chi connectivity index (χ3n) is 3.86. The fourth-order valence-corrected chi connectivity index (χ4v) is 2.78. The monoisotopic (exact) mass is 287 g/mol. The highest BCUT2D eigenvalue weighted by Crippen LogP contribution is 2.32. The molecule has 0 fully saturated rings. The number of aryl methyl sites for hydroxylation is 1. The van der Waals surface area contributed by atoms with E-state index in [0.29, 0.717) is 5.02 Å². The van der Waals surface area contributed by atoms with Crippen molar-refractivity contribution in [2.24, 2.45) is 7.05 Å². The average Bonchev–Trinajstić information content (AvgIpc) is 2.70. The van der Waals surface area contributed by atoms with Gasteiger partial charge < -0.3 is 9.67 Å². The number of nitrogens with zero attached hydrogens (tertiary/aromatic N) is 1. The van der Waals surface area contributed by atoms with E-state index >= 15 is 0 Å². The molecular formula is C16H14ClNO2. The Morgan fingerprint density at radius 3 is 2.60 bits per heavy atom. The van der Waals surface area contributed by atoms with Crippen LogP contribution in [0.25, 0.3) is 21.8 Å². The van der Waals surface area contributed by atoms with E-state index in [4.69, 9.17) is 16.7 Å². The summed E-state index contributed by atoms with van der Waals surface area (Å²) in [5.41, 5.74) is 2.92. The number of hydrogen-bond acceptors (Lipinski definition) is 1. The molecule has 3 nitrogen and oxygen atoms in total. The minimum absolute atomic E-state index is 0.513. The number of carbonyl (C=O) groups is 1. The topological polar surface area (TPSA) is 42.2 Å². The molecule has 0 aliphatic rings. The van der Waals surface area contributed by atoms with Gasteiger partial charge in [-0.2, -0.15) is 0 Å². The number of rotatable bonds is 2. The Bertz CT molecular complexity index is 835. The molecule has 1 heterocycles. The molecule has 1 unspecified atom stereocenters. The van der Waals surface area contributed by atoms with Crippen molar-refractivity contribution in [3.63, 3.8) is 0 Å². The predicted octanol–water partition coefficient (Wildman–Crippen LogP) is 4.17. The van der Waals surface area contributed by atoms with Crippen molar-refractivity contribution in [2.75, 3.05) is 0 Å². The highest BCUT2D eigenvalue weighted by atomic mass is 35.5. The van der Waals surface area contributed by atoms with Crippen LogP contribution < -0.4 is 0 Å². The molecule has 102 valence electrons. The van der Waals surface area contributed by atoms with Crippen LogP contribution in [0, 0.1) is 0 Å². The first-order chi connectivity index (χ1) is 9.49. The minimum Gasteiger partial charge on any atom is -0.481 e. The lowest BCUT2D eigenvalue weighted by molar-refractivity contribution is -0.138. The van der Waals surface area contributed by atoms with Crippen LogP contribution in [0.1, 0.15) is 18.4 Å². The maximum Gasteiger partial charge on any atom is 0.310 e. The van der Waals surface area contributed by atoms with Crippen LogP contribution in [0.5, 0.6) is 0 Å². The third kappa shape index (κ3) is 1.86. The van der Waals surface area contributed by atoms with E-state index in [9.17, 15) is 4.79 Å². The van der Waals surface area contributed by atoms with Crippen LogP contribution in [-0.4, -0.2) is 15.6 Å². The fourth-order valence-electron chi connectivity index (χ4n) is 2.61. The van der Waals surface area contributed by atoms with E-state index in [1.807, 2.05) is 43.4 Å². The Morgan fingerprint density at radius 2 is 1.90 bits per heavy atom. The van der Waals surface area contributed by atoms with E-state index in [0.717, 1.165) is 27.4 Å². The molecule has 3 aromatic rings. The van der Waals surface area contributed by atoms with Gasteiger partial charge in [-0.15, -0.1) is 0 Å².